The molecule has 2 aliphatic rings. The Bertz CT molecular complexity index is 1030. The third kappa shape index (κ3) is 8.18. The van der Waals surface area contributed by atoms with Gasteiger partial charge in [0.2, 0.25) is 5.88 Å². The van der Waals surface area contributed by atoms with Crippen LogP contribution in [0.1, 0.15) is 56.7 Å². The van der Waals surface area contributed by atoms with E-state index in [0.29, 0.717) is 30.4 Å². The number of alkyl halides is 3. The molecule has 0 saturated heterocycles. The van der Waals surface area contributed by atoms with Gasteiger partial charge < -0.3 is 14.4 Å². The minimum atomic E-state index is -4.41. The molecule has 1 aliphatic carbocycles. The molecular formula is C27H37F3N4O3. The Kier molecular flexibility index (Phi) is 9.10. The summed E-state index contributed by atoms with van der Waals surface area (Å²) in [4.78, 5) is 19.1. The zero-order valence-electron chi connectivity index (χ0n) is 21.7. The van der Waals surface area contributed by atoms with E-state index in [0.717, 1.165) is 76.3 Å². The van der Waals surface area contributed by atoms with Gasteiger partial charge in [0.15, 0.2) is 17.6 Å². The molecule has 0 unspecified atom stereocenters. The van der Waals surface area contributed by atoms with E-state index in [1.807, 2.05) is 13.1 Å². The molecule has 204 valence electrons. The van der Waals surface area contributed by atoms with E-state index in [1.54, 1.807) is 23.1 Å². The molecule has 1 fully saturated rings. The first-order valence-corrected chi connectivity index (χ1v) is 13.2. The summed E-state index contributed by atoms with van der Waals surface area (Å²) in [5.41, 5.74) is 1.93. The Labute approximate surface area is 216 Å². The fraction of sp³-hybridized carbons (Fsp3) is 0.667. The summed E-state index contributed by atoms with van der Waals surface area (Å²) >= 11 is 0. The molecule has 0 spiro atoms. The molecule has 0 amide bonds. The maximum absolute atomic E-state index is 12.8. The number of ether oxygens (including phenoxy) is 2. The predicted molar refractivity (Wildman–Crippen MR) is 133 cm³/mol. The van der Waals surface area contributed by atoms with Crippen LogP contribution in [0.2, 0.25) is 0 Å². The van der Waals surface area contributed by atoms with Gasteiger partial charge in [-0.25, -0.2) is 4.98 Å². The van der Waals surface area contributed by atoms with Gasteiger partial charge in [0.05, 0.1) is 12.4 Å². The number of ketones is 1. The van der Waals surface area contributed by atoms with Crippen molar-refractivity contribution < 1.29 is 27.4 Å². The molecule has 0 N–H and O–H groups in total. The van der Waals surface area contributed by atoms with E-state index in [1.165, 1.54) is 0 Å². The molecule has 1 saturated carbocycles. The van der Waals surface area contributed by atoms with E-state index >= 15 is 0 Å². The Morgan fingerprint density at radius 3 is 2.57 bits per heavy atom. The number of hydrogen-bond donors (Lipinski definition) is 0. The van der Waals surface area contributed by atoms with Gasteiger partial charge in [0.25, 0.3) is 0 Å². The van der Waals surface area contributed by atoms with Gasteiger partial charge in [0, 0.05) is 44.7 Å². The van der Waals surface area contributed by atoms with E-state index in [-0.39, 0.29) is 18.3 Å². The normalized spacial score (nSPS) is 21.6. The van der Waals surface area contributed by atoms with Crippen LogP contribution in [-0.4, -0.2) is 64.0 Å². The molecule has 2 aromatic rings. The average molecular weight is 523 g/mol. The van der Waals surface area contributed by atoms with Crippen molar-refractivity contribution in [2.75, 3.05) is 26.2 Å². The molecule has 10 heteroatoms. The largest absolute Gasteiger partial charge is 0.483 e. The number of hydrogen-bond acceptors (Lipinski definition) is 6. The fourth-order valence-corrected chi connectivity index (χ4v) is 5.25. The highest BCUT2D eigenvalue weighted by atomic mass is 19.4. The SMILES string of the molecule is C[C@@H](Oc1ccc2c(n1)CCN(CCC1CCC(CC(=O)COc3cnn(C)c3)CC1)CC2)C(F)(F)F. The van der Waals surface area contributed by atoms with Crippen LogP contribution in [0, 0.1) is 11.8 Å². The first-order chi connectivity index (χ1) is 17.7. The van der Waals surface area contributed by atoms with Gasteiger partial charge in [-0.2, -0.15) is 18.3 Å². The Morgan fingerprint density at radius 2 is 1.86 bits per heavy atom. The molecule has 3 heterocycles. The number of aromatic nitrogens is 3. The molecule has 0 radical (unpaired) electrons. The first kappa shape index (κ1) is 27.4. The number of carbonyl (C=O) groups is 1. The van der Waals surface area contributed by atoms with Crippen LogP contribution >= 0.6 is 0 Å². The predicted octanol–water partition coefficient (Wildman–Crippen LogP) is 4.78. The maximum Gasteiger partial charge on any atom is 0.425 e. The van der Waals surface area contributed by atoms with E-state index in [2.05, 4.69) is 15.0 Å². The zero-order chi connectivity index (χ0) is 26.4. The Morgan fingerprint density at radius 1 is 1.14 bits per heavy atom. The monoisotopic (exact) mass is 522 g/mol. The zero-order valence-corrected chi connectivity index (χ0v) is 21.7. The lowest BCUT2D eigenvalue weighted by atomic mass is 9.78. The van der Waals surface area contributed by atoms with Crippen molar-refractivity contribution in [3.05, 3.63) is 35.8 Å². The lowest BCUT2D eigenvalue weighted by Gasteiger charge is -2.30. The van der Waals surface area contributed by atoms with E-state index in [9.17, 15) is 18.0 Å². The van der Waals surface area contributed by atoms with Gasteiger partial charge in [0.1, 0.15) is 6.61 Å². The van der Waals surface area contributed by atoms with Gasteiger partial charge in [-0.3, -0.25) is 9.48 Å². The molecule has 37 heavy (non-hydrogen) atoms. The molecule has 2 aromatic heterocycles. The summed E-state index contributed by atoms with van der Waals surface area (Å²) in [6.45, 7) is 3.88. The third-order valence-electron chi connectivity index (χ3n) is 7.58. The van der Waals surface area contributed by atoms with Gasteiger partial charge in [-0.15, -0.1) is 0 Å². The van der Waals surface area contributed by atoms with Crippen LogP contribution in [0.4, 0.5) is 13.2 Å². The van der Waals surface area contributed by atoms with E-state index < -0.39 is 12.3 Å². The van der Waals surface area contributed by atoms with Crippen molar-refractivity contribution in [1.29, 1.82) is 0 Å². The molecule has 0 bridgehead atoms. The number of carbonyl (C=O) groups excluding carboxylic acids is 1. The second kappa shape index (κ2) is 12.3. The second-order valence-electron chi connectivity index (χ2n) is 10.5. The quantitative estimate of drug-likeness (QED) is 0.447. The number of fused-ring (bicyclic) bond motifs is 1. The minimum absolute atomic E-state index is 0.0379. The molecule has 7 nitrogen and oxygen atoms in total. The van der Waals surface area contributed by atoms with Crippen molar-refractivity contribution in [2.45, 2.75) is 70.6 Å². The summed E-state index contributed by atoms with van der Waals surface area (Å²) in [5, 5.41) is 4.04. The maximum atomic E-state index is 12.8. The van der Waals surface area contributed by atoms with Crippen molar-refractivity contribution in [3.63, 3.8) is 0 Å². The average Bonchev–Trinajstić information content (AvgIpc) is 3.17. The van der Waals surface area contributed by atoms with Crippen molar-refractivity contribution in [1.82, 2.24) is 19.7 Å². The molecule has 0 aromatic carbocycles. The molecule has 1 aliphatic heterocycles. The van der Waals surface area contributed by atoms with Crippen LogP contribution in [-0.2, 0) is 24.7 Å². The van der Waals surface area contributed by atoms with Crippen LogP contribution in [0.3, 0.4) is 0 Å². The summed E-state index contributed by atoms with van der Waals surface area (Å²) in [6.07, 6.45) is 4.80. The highest BCUT2D eigenvalue weighted by Gasteiger charge is 2.38. The standard InChI is InChI=1S/C27H37F3N4O3/c1-19(27(28,29)30)37-26-8-7-22-10-13-34(14-11-25(22)32-26)12-9-20-3-5-21(6-4-20)15-23(35)18-36-24-16-31-33(2)17-24/h7-8,16-17,19-21H,3-6,9-15,18H2,1-2H3/t19-,20?,21?/m1/s1. The van der Waals surface area contributed by atoms with E-state index in [4.69, 9.17) is 9.47 Å². The highest BCUT2D eigenvalue weighted by molar-refractivity contribution is 5.80. The fourth-order valence-electron chi connectivity index (χ4n) is 5.25. The van der Waals surface area contributed by atoms with Crippen LogP contribution in [0.15, 0.2) is 24.5 Å². The number of aryl methyl sites for hydroxylation is 1. The smallest absolute Gasteiger partial charge is 0.425 e. The summed E-state index contributed by atoms with van der Waals surface area (Å²) in [6, 6.07) is 3.40. The van der Waals surface area contributed by atoms with Crippen molar-refractivity contribution in [2.24, 2.45) is 18.9 Å². The molecule has 1 atom stereocenters. The number of Topliss-reactive ketones (excluding diaryl/α,β-unsaturated/α-hetero) is 1. The lowest BCUT2D eigenvalue weighted by Crippen LogP contribution is -2.31. The Balaban J connectivity index is 1.15. The van der Waals surface area contributed by atoms with Crippen LogP contribution in [0.25, 0.3) is 0 Å². The van der Waals surface area contributed by atoms with Gasteiger partial charge >= 0.3 is 6.18 Å². The third-order valence-corrected chi connectivity index (χ3v) is 7.58. The first-order valence-electron chi connectivity index (χ1n) is 13.2. The topological polar surface area (TPSA) is 69.5 Å². The number of pyridine rings is 1. The molecule has 4 rings (SSSR count). The van der Waals surface area contributed by atoms with Crippen molar-refractivity contribution >= 4 is 5.78 Å². The van der Waals surface area contributed by atoms with Crippen molar-refractivity contribution in [3.8, 4) is 11.6 Å². The Hall–Kier alpha value is -2.62. The van der Waals surface area contributed by atoms with Gasteiger partial charge in [-0.05, 0) is 56.6 Å². The number of rotatable bonds is 10. The second-order valence-corrected chi connectivity index (χ2v) is 10.5. The van der Waals surface area contributed by atoms with Crippen LogP contribution in [0.5, 0.6) is 11.6 Å². The number of halogens is 3. The lowest BCUT2D eigenvalue weighted by molar-refractivity contribution is -0.190. The highest BCUT2D eigenvalue weighted by Crippen LogP contribution is 2.33. The van der Waals surface area contributed by atoms with Crippen LogP contribution < -0.4 is 9.47 Å². The summed E-state index contributed by atoms with van der Waals surface area (Å²) < 4.78 is 50.6. The summed E-state index contributed by atoms with van der Waals surface area (Å²) in [7, 11) is 1.81. The number of nitrogens with zero attached hydrogens (tertiary/aromatic N) is 4. The van der Waals surface area contributed by atoms with Gasteiger partial charge in [-0.1, -0.05) is 18.9 Å². The summed E-state index contributed by atoms with van der Waals surface area (Å²) in [5.74, 6) is 1.92. The minimum Gasteiger partial charge on any atom is -0.483 e. The molecular weight excluding hydrogens is 485 g/mol.